The van der Waals surface area contributed by atoms with Crippen LogP contribution in [0.15, 0.2) is 41.8 Å². The lowest BCUT2D eigenvalue weighted by Crippen LogP contribution is -2.54. The Morgan fingerprint density at radius 2 is 1.88 bits per heavy atom. The van der Waals surface area contributed by atoms with Gasteiger partial charge in [-0.25, -0.2) is 4.79 Å². The van der Waals surface area contributed by atoms with Gasteiger partial charge in [-0.05, 0) is 48.8 Å². The van der Waals surface area contributed by atoms with E-state index >= 15 is 0 Å². The van der Waals surface area contributed by atoms with E-state index < -0.39 is 5.97 Å². The highest BCUT2D eigenvalue weighted by Gasteiger charge is 2.52. The lowest BCUT2D eigenvalue weighted by Gasteiger charge is -2.48. The average Bonchev–Trinajstić information content (AvgIpc) is 3.24. The van der Waals surface area contributed by atoms with Crippen LogP contribution in [0.5, 0.6) is 0 Å². The number of carbonyl (C=O) groups excluding carboxylic acids is 2. The van der Waals surface area contributed by atoms with E-state index in [0.717, 1.165) is 48.2 Å². The molecule has 3 aliphatic rings. The highest BCUT2D eigenvalue weighted by Crippen LogP contribution is 2.53. The second kappa shape index (κ2) is 8.24. The fourth-order valence-corrected chi connectivity index (χ4v) is 6.14. The maximum atomic E-state index is 13.5. The first-order valence-corrected chi connectivity index (χ1v) is 12.1. The number of benzene rings is 1. The molecule has 2 heterocycles. The number of fused-ring (bicyclic) bond motifs is 2. The van der Waals surface area contributed by atoms with Gasteiger partial charge >= 0.3 is 12.0 Å². The summed E-state index contributed by atoms with van der Waals surface area (Å²) in [5, 5.41) is 11.1. The number of amides is 3. The Kier molecular flexibility index (Phi) is 5.41. The monoisotopic (exact) mass is 453 g/mol. The van der Waals surface area contributed by atoms with Crippen LogP contribution in [0.3, 0.4) is 0 Å². The lowest BCUT2D eigenvalue weighted by atomic mass is 9.81. The van der Waals surface area contributed by atoms with Crippen molar-refractivity contribution in [3.05, 3.63) is 52.2 Å². The number of anilines is 1. The predicted molar refractivity (Wildman–Crippen MR) is 122 cm³/mol. The van der Waals surface area contributed by atoms with Crippen LogP contribution in [-0.2, 0) is 4.79 Å². The largest absolute Gasteiger partial charge is 0.480 e. The first-order valence-electron chi connectivity index (χ1n) is 11.2. The van der Waals surface area contributed by atoms with Gasteiger partial charge in [-0.2, -0.15) is 0 Å². The van der Waals surface area contributed by atoms with E-state index in [1.807, 2.05) is 51.6 Å². The second-order valence-corrected chi connectivity index (χ2v) is 9.94. The zero-order valence-corrected chi connectivity index (χ0v) is 18.8. The van der Waals surface area contributed by atoms with E-state index in [1.165, 1.54) is 16.2 Å². The van der Waals surface area contributed by atoms with Crippen molar-refractivity contribution < 1.29 is 19.5 Å². The topological polar surface area (TPSA) is 81.2 Å². The van der Waals surface area contributed by atoms with Gasteiger partial charge in [0.1, 0.15) is 6.54 Å². The maximum Gasteiger partial charge on any atom is 0.323 e. The van der Waals surface area contributed by atoms with Crippen molar-refractivity contribution in [2.75, 3.05) is 18.5 Å². The van der Waals surface area contributed by atoms with E-state index in [4.69, 9.17) is 0 Å². The molecule has 32 heavy (non-hydrogen) atoms. The van der Waals surface area contributed by atoms with Crippen molar-refractivity contribution in [1.29, 1.82) is 0 Å². The smallest absolute Gasteiger partial charge is 0.323 e. The summed E-state index contributed by atoms with van der Waals surface area (Å²) in [6, 6.07) is 11.5. The number of hydrogen-bond donors (Lipinski definition) is 1. The number of likely N-dealkylation sites (N-methyl/N-ethyl adjacent to an activating group) is 1. The number of carboxylic acids is 1. The molecule has 2 aliphatic carbocycles. The summed E-state index contributed by atoms with van der Waals surface area (Å²) in [5.74, 6) is -0.862. The third-order valence-corrected chi connectivity index (χ3v) is 7.75. The minimum absolute atomic E-state index is 0.0232. The number of carboxylic acid groups (broad SMARTS) is 1. The van der Waals surface area contributed by atoms with Crippen molar-refractivity contribution in [2.45, 2.75) is 50.2 Å². The van der Waals surface area contributed by atoms with Gasteiger partial charge in [-0.15, -0.1) is 11.3 Å². The molecule has 3 atom stereocenters. The normalized spacial score (nSPS) is 23.9. The van der Waals surface area contributed by atoms with Crippen molar-refractivity contribution in [1.82, 2.24) is 9.80 Å². The Labute approximate surface area is 191 Å². The van der Waals surface area contributed by atoms with Crippen molar-refractivity contribution >= 4 is 34.9 Å². The molecule has 0 spiro atoms. The van der Waals surface area contributed by atoms with E-state index in [2.05, 4.69) is 0 Å². The Morgan fingerprint density at radius 1 is 1.09 bits per heavy atom. The number of rotatable bonds is 5. The Balaban J connectivity index is 1.58. The van der Waals surface area contributed by atoms with Crippen LogP contribution >= 0.6 is 11.3 Å². The first kappa shape index (κ1) is 21.0. The summed E-state index contributed by atoms with van der Waals surface area (Å²) < 4.78 is 0. The van der Waals surface area contributed by atoms with Gasteiger partial charge < -0.3 is 19.8 Å². The number of para-hydroxylation sites is 1. The van der Waals surface area contributed by atoms with E-state index in [-0.39, 0.29) is 42.5 Å². The third-order valence-electron chi connectivity index (χ3n) is 6.89. The SMILES string of the molecule is CN(CC(=O)O)C(=O)N(C1CC1)[C@H]1c2ccccc2N(C(=O)c2cccs2)[C@@H]2CCC[C@@H]21. The maximum absolute atomic E-state index is 13.5. The molecule has 1 N–H and O–H groups in total. The number of aliphatic carboxylic acids is 1. The van der Waals surface area contributed by atoms with E-state index in [0.29, 0.717) is 0 Å². The second-order valence-electron chi connectivity index (χ2n) is 8.99. The highest BCUT2D eigenvalue weighted by molar-refractivity contribution is 7.12. The van der Waals surface area contributed by atoms with Crippen molar-refractivity contribution in [2.24, 2.45) is 5.92 Å². The molecule has 2 fully saturated rings. The quantitative estimate of drug-likeness (QED) is 0.735. The summed E-state index contributed by atoms with van der Waals surface area (Å²) in [6.07, 6.45) is 4.72. The summed E-state index contributed by atoms with van der Waals surface area (Å²) in [6.45, 7) is -0.326. The van der Waals surface area contributed by atoms with Gasteiger partial charge in [0.05, 0.1) is 10.9 Å². The first-order chi connectivity index (χ1) is 15.5. The molecular formula is C24H27N3O4S. The molecule has 1 aliphatic heterocycles. The number of urea groups is 1. The van der Waals surface area contributed by atoms with Crippen LogP contribution in [0.2, 0.25) is 0 Å². The Morgan fingerprint density at radius 3 is 2.56 bits per heavy atom. The molecule has 1 aromatic heterocycles. The molecule has 0 radical (unpaired) electrons. The zero-order valence-electron chi connectivity index (χ0n) is 18.0. The van der Waals surface area contributed by atoms with Gasteiger partial charge in [0.2, 0.25) is 0 Å². The van der Waals surface area contributed by atoms with E-state index in [9.17, 15) is 19.5 Å². The molecule has 0 saturated heterocycles. The van der Waals surface area contributed by atoms with Gasteiger partial charge in [0.15, 0.2) is 0 Å². The Bertz CT molecular complexity index is 1040. The third kappa shape index (κ3) is 3.56. The van der Waals surface area contributed by atoms with Gasteiger partial charge in [-0.1, -0.05) is 30.7 Å². The molecule has 2 aromatic rings. The number of carbonyl (C=O) groups is 3. The van der Waals surface area contributed by atoms with Gasteiger partial charge in [-0.3, -0.25) is 9.59 Å². The number of nitrogens with zero attached hydrogens (tertiary/aromatic N) is 3. The standard InChI is InChI=1S/C24H27N3O4S/c1-25(14-21(28)29)24(31)26(15-11-12-15)22-16-6-2-3-8-18(16)27(19-9-4-7-17(19)22)23(30)20-10-5-13-32-20/h2-3,5-6,8,10,13,15,17,19,22H,4,7,9,11-12,14H2,1H3,(H,28,29)/t17-,19+,22-/m0/s1. The van der Waals surface area contributed by atoms with Crippen molar-refractivity contribution in [3.63, 3.8) is 0 Å². The van der Waals surface area contributed by atoms with E-state index in [1.54, 1.807) is 7.05 Å². The minimum atomic E-state index is -1.02. The fraction of sp³-hybridized carbons (Fsp3) is 0.458. The van der Waals surface area contributed by atoms with Crippen LogP contribution in [-0.4, -0.2) is 58.5 Å². The summed E-state index contributed by atoms with van der Waals surface area (Å²) in [4.78, 5) is 44.2. The molecule has 0 bridgehead atoms. The summed E-state index contributed by atoms with van der Waals surface area (Å²) >= 11 is 1.45. The van der Waals surface area contributed by atoms with Crippen LogP contribution < -0.4 is 4.90 Å². The molecular weight excluding hydrogens is 426 g/mol. The molecule has 5 rings (SSSR count). The molecule has 2 saturated carbocycles. The summed E-state index contributed by atoms with van der Waals surface area (Å²) in [7, 11) is 1.55. The molecule has 1 aromatic carbocycles. The number of hydrogen-bond acceptors (Lipinski definition) is 4. The Hall–Kier alpha value is -2.87. The van der Waals surface area contributed by atoms with Crippen LogP contribution in [0.1, 0.15) is 53.4 Å². The lowest BCUT2D eigenvalue weighted by molar-refractivity contribution is -0.137. The number of thiophene rings is 1. The highest BCUT2D eigenvalue weighted by atomic mass is 32.1. The van der Waals surface area contributed by atoms with Crippen LogP contribution in [0, 0.1) is 5.92 Å². The van der Waals surface area contributed by atoms with Crippen LogP contribution in [0.4, 0.5) is 10.5 Å². The molecule has 7 nitrogen and oxygen atoms in total. The summed E-state index contributed by atoms with van der Waals surface area (Å²) in [5.41, 5.74) is 1.86. The predicted octanol–water partition coefficient (Wildman–Crippen LogP) is 4.22. The minimum Gasteiger partial charge on any atom is -0.480 e. The van der Waals surface area contributed by atoms with Crippen molar-refractivity contribution in [3.8, 4) is 0 Å². The molecule has 3 amide bonds. The average molecular weight is 454 g/mol. The fourth-order valence-electron chi connectivity index (χ4n) is 5.48. The van der Waals surface area contributed by atoms with Gasteiger partial charge in [0.25, 0.3) is 5.91 Å². The molecule has 168 valence electrons. The molecule has 8 heteroatoms. The van der Waals surface area contributed by atoms with Gasteiger partial charge in [0, 0.05) is 30.7 Å². The zero-order chi connectivity index (χ0) is 22.4. The molecule has 0 unspecified atom stereocenters. The van der Waals surface area contributed by atoms with Crippen LogP contribution in [0.25, 0.3) is 0 Å².